The fourth-order valence-corrected chi connectivity index (χ4v) is 1.98. The van der Waals surface area contributed by atoms with Crippen LogP contribution in [-0.4, -0.2) is 48.0 Å². The van der Waals surface area contributed by atoms with E-state index in [1.54, 1.807) is 6.92 Å². The first kappa shape index (κ1) is 12.3. The van der Waals surface area contributed by atoms with E-state index >= 15 is 0 Å². The fourth-order valence-electron chi connectivity index (χ4n) is 1.54. The van der Waals surface area contributed by atoms with Crippen molar-refractivity contribution in [3.63, 3.8) is 0 Å². The van der Waals surface area contributed by atoms with Crippen LogP contribution in [0.4, 0.5) is 0 Å². The summed E-state index contributed by atoms with van der Waals surface area (Å²) in [5.74, 6) is 0. The molecular formula is C9H19NO3S. The Morgan fingerprint density at radius 2 is 1.86 bits per heavy atom. The number of aliphatic hydroxyl groups is 1. The molecule has 4 nitrogen and oxygen atoms in total. The first-order valence-corrected chi connectivity index (χ1v) is 5.64. The minimum atomic E-state index is -0.304. The van der Waals surface area contributed by atoms with Crippen LogP contribution in [0.5, 0.6) is 0 Å². The summed E-state index contributed by atoms with van der Waals surface area (Å²) in [6, 6.07) is 0. The van der Waals surface area contributed by atoms with Gasteiger partial charge in [-0.05, 0) is 20.8 Å². The molecule has 14 heavy (non-hydrogen) atoms. The van der Waals surface area contributed by atoms with Crippen molar-refractivity contribution in [2.24, 2.45) is 0 Å². The van der Waals surface area contributed by atoms with Crippen LogP contribution in [0.25, 0.3) is 0 Å². The minimum Gasteiger partial charge on any atom is -0.392 e. The van der Waals surface area contributed by atoms with Gasteiger partial charge in [0.1, 0.15) is 0 Å². The highest BCUT2D eigenvalue weighted by atomic mass is 32.2. The van der Waals surface area contributed by atoms with Crippen molar-refractivity contribution in [3.8, 4) is 0 Å². The second kappa shape index (κ2) is 5.92. The van der Waals surface area contributed by atoms with Crippen LogP contribution < -0.4 is 0 Å². The lowest BCUT2D eigenvalue weighted by molar-refractivity contribution is 0.0520. The average molecular weight is 221 g/mol. The SMILES string of the molecule is CC(O)CN1CC(C)OSOC(C)C1. The van der Waals surface area contributed by atoms with Crippen molar-refractivity contribution in [1.29, 1.82) is 0 Å². The molecule has 1 aliphatic heterocycles. The van der Waals surface area contributed by atoms with Crippen LogP contribution in [0.3, 0.4) is 0 Å². The number of hydrogen-bond acceptors (Lipinski definition) is 5. The first-order chi connectivity index (χ1) is 6.58. The van der Waals surface area contributed by atoms with Crippen LogP contribution in [-0.2, 0) is 8.37 Å². The molecule has 84 valence electrons. The van der Waals surface area contributed by atoms with Gasteiger partial charge in [0.05, 0.1) is 18.3 Å². The Bertz CT molecular complexity index is 156. The van der Waals surface area contributed by atoms with Crippen molar-refractivity contribution < 1.29 is 13.5 Å². The molecule has 3 unspecified atom stereocenters. The Kier molecular flexibility index (Phi) is 5.19. The first-order valence-electron chi connectivity index (χ1n) is 4.97. The molecule has 0 radical (unpaired) electrons. The van der Waals surface area contributed by atoms with E-state index in [-0.39, 0.29) is 18.3 Å². The number of rotatable bonds is 2. The lowest BCUT2D eigenvalue weighted by atomic mass is 10.2. The molecule has 5 heteroatoms. The quantitative estimate of drug-likeness (QED) is 0.706. The summed E-state index contributed by atoms with van der Waals surface area (Å²) in [5, 5.41) is 9.31. The van der Waals surface area contributed by atoms with Crippen molar-refractivity contribution >= 4 is 12.3 Å². The summed E-state index contributed by atoms with van der Waals surface area (Å²) in [7, 11) is 0. The second-order valence-corrected chi connectivity index (χ2v) is 4.47. The Morgan fingerprint density at radius 1 is 1.36 bits per heavy atom. The highest BCUT2D eigenvalue weighted by molar-refractivity contribution is 7.89. The Morgan fingerprint density at radius 3 is 2.29 bits per heavy atom. The maximum absolute atomic E-state index is 9.31. The molecule has 1 fully saturated rings. The van der Waals surface area contributed by atoms with Gasteiger partial charge in [0.25, 0.3) is 0 Å². The maximum atomic E-state index is 9.31. The van der Waals surface area contributed by atoms with Gasteiger partial charge in [-0.3, -0.25) is 13.3 Å². The van der Waals surface area contributed by atoms with Gasteiger partial charge < -0.3 is 5.11 Å². The Hall–Kier alpha value is 0.190. The largest absolute Gasteiger partial charge is 0.392 e. The molecule has 0 saturated carbocycles. The molecule has 0 spiro atoms. The molecule has 1 aliphatic rings. The summed E-state index contributed by atoms with van der Waals surface area (Å²) in [6.07, 6.45) is -0.0426. The zero-order valence-electron chi connectivity index (χ0n) is 8.97. The van der Waals surface area contributed by atoms with E-state index in [1.165, 1.54) is 0 Å². The third kappa shape index (κ3) is 4.61. The van der Waals surface area contributed by atoms with Gasteiger partial charge in [-0.2, -0.15) is 0 Å². The molecule has 0 aromatic rings. The summed E-state index contributed by atoms with van der Waals surface area (Å²) >= 11 is 1.08. The molecule has 1 N–H and O–H groups in total. The van der Waals surface area contributed by atoms with Gasteiger partial charge >= 0.3 is 0 Å². The summed E-state index contributed by atoms with van der Waals surface area (Å²) < 4.78 is 10.7. The van der Waals surface area contributed by atoms with Crippen LogP contribution in [0.2, 0.25) is 0 Å². The number of nitrogens with zero attached hydrogens (tertiary/aromatic N) is 1. The smallest absolute Gasteiger partial charge is 0.159 e. The number of aliphatic hydroxyl groups excluding tert-OH is 1. The average Bonchev–Trinajstić information content (AvgIpc) is 1.99. The van der Waals surface area contributed by atoms with Crippen molar-refractivity contribution in [1.82, 2.24) is 4.90 Å². The van der Waals surface area contributed by atoms with Gasteiger partial charge in [-0.25, -0.2) is 0 Å². The molecule has 0 aromatic heterocycles. The predicted molar refractivity (Wildman–Crippen MR) is 56.8 cm³/mol. The zero-order valence-corrected chi connectivity index (χ0v) is 9.79. The second-order valence-electron chi connectivity index (χ2n) is 3.95. The van der Waals surface area contributed by atoms with Crippen molar-refractivity contribution in [3.05, 3.63) is 0 Å². The minimum absolute atomic E-state index is 0.131. The van der Waals surface area contributed by atoms with Gasteiger partial charge in [0.2, 0.25) is 0 Å². The summed E-state index contributed by atoms with van der Waals surface area (Å²) in [4.78, 5) is 2.17. The van der Waals surface area contributed by atoms with E-state index in [0.29, 0.717) is 6.54 Å². The third-order valence-corrected chi connectivity index (χ3v) is 2.77. The molecule has 0 bridgehead atoms. The van der Waals surface area contributed by atoms with Gasteiger partial charge in [0.15, 0.2) is 12.3 Å². The molecule has 0 aliphatic carbocycles. The molecule has 0 aromatic carbocycles. The monoisotopic (exact) mass is 221 g/mol. The molecule has 3 atom stereocenters. The predicted octanol–water partition coefficient (Wildman–Crippen LogP) is 1.06. The zero-order chi connectivity index (χ0) is 10.6. The van der Waals surface area contributed by atoms with E-state index in [4.69, 9.17) is 8.37 Å². The van der Waals surface area contributed by atoms with E-state index in [0.717, 1.165) is 25.4 Å². The Balaban J connectivity index is 2.43. The highest BCUT2D eigenvalue weighted by Crippen LogP contribution is 2.17. The van der Waals surface area contributed by atoms with E-state index in [2.05, 4.69) is 4.90 Å². The lowest BCUT2D eigenvalue weighted by Gasteiger charge is -2.30. The standard InChI is InChI=1S/C9H19NO3S/c1-7(11)4-10-5-8(2)12-14-13-9(3)6-10/h7-9,11H,4-6H2,1-3H3. The summed E-state index contributed by atoms with van der Waals surface area (Å²) in [6.45, 7) is 8.15. The van der Waals surface area contributed by atoms with Crippen LogP contribution in [0.15, 0.2) is 0 Å². The van der Waals surface area contributed by atoms with Gasteiger partial charge in [0, 0.05) is 19.6 Å². The van der Waals surface area contributed by atoms with Gasteiger partial charge in [-0.1, -0.05) is 0 Å². The highest BCUT2D eigenvalue weighted by Gasteiger charge is 2.19. The topological polar surface area (TPSA) is 41.9 Å². The molecule has 1 rings (SSSR count). The van der Waals surface area contributed by atoms with Crippen LogP contribution in [0, 0.1) is 0 Å². The summed E-state index contributed by atoms with van der Waals surface area (Å²) in [5.41, 5.74) is 0. The van der Waals surface area contributed by atoms with E-state index in [1.807, 2.05) is 13.8 Å². The van der Waals surface area contributed by atoms with Crippen molar-refractivity contribution in [2.45, 2.75) is 39.1 Å². The fraction of sp³-hybridized carbons (Fsp3) is 1.00. The van der Waals surface area contributed by atoms with Gasteiger partial charge in [-0.15, -0.1) is 0 Å². The molecule has 1 saturated heterocycles. The normalized spacial score (nSPS) is 33.4. The molecular weight excluding hydrogens is 202 g/mol. The van der Waals surface area contributed by atoms with Crippen molar-refractivity contribution in [2.75, 3.05) is 19.6 Å². The van der Waals surface area contributed by atoms with Crippen LogP contribution >= 0.6 is 12.3 Å². The third-order valence-electron chi connectivity index (χ3n) is 1.96. The molecule has 0 amide bonds. The van der Waals surface area contributed by atoms with E-state index < -0.39 is 0 Å². The Labute approximate surface area is 90.0 Å². The van der Waals surface area contributed by atoms with Crippen LogP contribution in [0.1, 0.15) is 20.8 Å². The number of hydrogen-bond donors (Lipinski definition) is 1. The number of β-amino-alcohol motifs (C(OH)–C–C–N with tert-alkyl or cyclic N) is 1. The van der Waals surface area contributed by atoms with E-state index in [9.17, 15) is 5.11 Å². The molecule has 1 heterocycles. The lowest BCUT2D eigenvalue weighted by Crippen LogP contribution is -2.42. The maximum Gasteiger partial charge on any atom is 0.159 e.